The molecule has 0 fully saturated rings. The van der Waals surface area contributed by atoms with Crippen molar-refractivity contribution in [3.05, 3.63) is 70.8 Å². The second-order valence-electron chi connectivity index (χ2n) is 6.55. The van der Waals surface area contributed by atoms with Gasteiger partial charge in [0.05, 0.1) is 0 Å². The van der Waals surface area contributed by atoms with Gasteiger partial charge in [-0.3, -0.25) is 0 Å². The third kappa shape index (κ3) is 3.00. The van der Waals surface area contributed by atoms with Crippen molar-refractivity contribution in [1.29, 1.82) is 0 Å². The summed E-state index contributed by atoms with van der Waals surface area (Å²) in [4.78, 5) is 0. The zero-order valence-corrected chi connectivity index (χ0v) is 15.2. The minimum absolute atomic E-state index is 0.284. The zero-order valence-electron chi connectivity index (χ0n) is 15.2. The van der Waals surface area contributed by atoms with Crippen molar-refractivity contribution < 1.29 is 10.2 Å². The molecular weight excluding hydrogens is 308 g/mol. The topological polar surface area (TPSA) is 40.5 Å². The van der Waals surface area contributed by atoms with Gasteiger partial charge in [-0.15, -0.1) is 0 Å². The molecule has 0 bridgehead atoms. The Balaban J connectivity index is 2.30. The van der Waals surface area contributed by atoms with Crippen LogP contribution >= 0.6 is 0 Å². The predicted octanol–water partition coefficient (Wildman–Crippen LogP) is 5.92. The van der Waals surface area contributed by atoms with Gasteiger partial charge in [-0.1, -0.05) is 31.2 Å². The summed E-state index contributed by atoms with van der Waals surface area (Å²) in [5, 5.41) is 19.2. The van der Waals surface area contributed by atoms with Crippen molar-refractivity contribution in [2.75, 3.05) is 0 Å². The summed E-state index contributed by atoms with van der Waals surface area (Å²) in [5.41, 5.74) is 9.89. The average Bonchev–Trinajstić information content (AvgIpc) is 2.60. The van der Waals surface area contributed by atoms with Crippen LogP contribution in [0.15, 0.2) is 48.5 Å². The van der Waals surface area contributed by atoms with E-state index in [0.717, 1.165) is 17.5 Å². The second-order valence-corrected chi connectivity index (χ2v) is 6.55. The molecule has 0 aromatic heterocycles. The second kappa shape index (κ2) is 6.64. The molecule has 0 unspecified atom stereocenters. The SMILES string of the molecule is CCc1c(C)c(-c2ccc(O)cc2)c(C)c(C)c1-c1ccc(O)cc1. The summed E-state index contributed by atoms with van der Waals surface area (Å²) in [6.45, 7) is 8.69. The Morgan fingerprint density at radius 1 is 0.600 bits per heavy atom. The fourth-order valence-corrected chi connectivity index (χ4v) is 3.74. The Morgan fingerprint density at radius 2 is 1.00 bits per heavy atom. The van der Waals surface area contributed by atoms with Crippen LogP contribution in [-0.2, 0) is 6.42 Å². The fraction of sp³-hybridized carbons (Fsp3) is 0.217. The fourth-order valence-electron chi connectivity index (χ4n) is 3.74. The van der Waals surface area contributed by atoms with Crippen LogP contribution < -0.4 is 0 Å². The molecule has 0 saturated heterocycles. The summed E-state index contributed by atoms with van der Waals surface area (Å²) < 4.78 is 0. The quantitative estimate of drug-likeness (QED) is 0.625. The van der Waals surface area contributed by atoms with Crippen LogP contribution in [-0.4, -0.2) is 10.2 Å². The average molecular weight is 332 g/mol. The Kier molecular flexibility index (Phi) is 4.54. The van der Waals surface area contributed by atoms with Gasteiger partial charge in [-0.25, -0.2) is 0 Å². The van der Waals surface area contributed by atoms with Crippen LogP contribution in [0, 0.1) is 20.8 Å². The molecule has 2 nitrogen and oxygen atoms in total. The highest BCUT2D eigenvalue weighted by atomic mass is 16.3. The molecule has 25 heavy (non-hydrogen) atoms. The van der Waals surface area contributed by atoms with E-state index in [1.165, 1.54) is 33.4 Å². The normalized spacial score (nSPS) is 10.9. The first kappa shape index (κ1) is 17.1. The molecule has 0 radical (unpaired) electrons. The van der Waals surface area contributed by atoms with Crippen LogP contribution in [0.4, 0.5) is 0 Å². The molecular formula is C23H24O2. The van der Waals surface area contributed by atoms with Crippen LogP contribution in [0.2, 0.25) is 0 Å². The third-order valence-corrected chi connectivity index (χ3v) is 5.11. The smallest absolute Gasteiger partial charge is 0.115 e. The number of phenols is 2. The summed E-state index contributed by atoms with van der Waals surface area (Å²) in [6.07, 6.45) is 0.939. The summed E-state index contributed by atoms with van der Waals surface area (Å²) in [7, 11) is 0. The van der Waals surface area contributed by atoms with Crippen molar-refractivity contribution in [3.8, 4) is 33.8 Å². The lowest BCUT2D eigenvalue weighted by Gasteiger charge is -2.22. The highest BCUT2D eigenvalue weighted by Crippen LogP contribution is 2.40. The van der Waals surface area contributed by atoms with Gasteiger partial charge in [0.1, 0.15) is 11.5 Å². The molecule has 0 aliphatic rings. The zero-order chi connectivity index (χ0) is 18.1. The van der Waals surface area contributed by atoms with Gasteiger partial charge in [0, 0.05) is 0 Å². The first-order chi connectivity index (χ1) is 11.9. The van der Waals surface area contributed by atoms with E-state index in [4.69, 9.17) is 0 Å². The Labute approximate surface area is 149 Å². The van der Waals surface area contributed by atoms with Gasteiger partial charge in [0.15, 0.2) is 0 Å². The van der Waals surface area contributed by atoms with E-state index in [1.54, 1.807) is 24.3 Å². The highest BCUT2D eigenvalue weighted by molar-refractivity contribution is 5.83. The van der Waals surface area contributed by atoms with Crippen LogP contribution in [0.25, 0.3) is 22.3 Å². The molecule has 128 valence electrons. The van der Waals surface area contributed by atoms with Crippen molar-refractivity contribution >= 4 is 0 Å². The Morgan fingerprint density at radius 3 is 1.44 bits per heavy atom. The lowest BCUT2D eigenvalue weighted by atomic mass is 9.82. The number of aromatic hydroxyl groups is 2. The van der Waals surface area contributed by atoms with Gasteiger partial charge in [-0.05, 0) is 96.0 Å². The largest absolute Gasteiger partial charge is 0.508 e. The Hall–Kier alpha value is -2.74. The molecule has 0 heterocycles. The molecule has 2 heteroatoms. The van der Waals surface area contributed by atoms with E-state index in [9.17, 15) is 10.2 Å². The molecule has 0 saturated carbocycles. The maximum Gasteiger partial charge on any atom is 0.115 e. The van der Waals surface area contributed by atoms with Gasteiger partial charge in [0.25, 0.3) is 0 Å². The first-order valence-electron chi connectivity index (χ1n) is 8.65. The van der Waals surface area contributed by atoms with E-state index in [2.05, 4.69) is 27.7 Å². The monoisotopic (exact) mass is 332 g/mol. The predicted molar refractivity (Wildman–Crippen MR) is 104 cm³/mol. The lowest BCUT2D eigenvalue weighted by molar-refractivity contribution is 0.475. The van der Waals surface area contributed by atoms with E-state index >= 15 is 0 Å². The van der Waals surface area contributed by atoms with Gasteiger partial charge in [0.2, 0.25) is 0 Å². The molecule has 3 aromatic rings. The molecule has 0 amide bonds. The van der Waals surface area contributed by atoms with Gasteiger partial charge < -0.3 is 10.2 Å². The van der Waals surface area contributed by atoms with E-state index in [0.29, 0.717) is 0 Å². The number of phenolic OH excluding ortho intramolecular Hbond substituents is 2. The molecule has 0 atom stereocenters. The number of rotatable bonds is 3. The number of hydrogen-bond donors (Lipinski definition) is 2. The molecule has 3 rings (SSSR count). The van der Waals surface area contributed by atoms with E-state index in [1.807, 2.05) is 24.3 Å². The lowest BCUT2D eigenvalue weighted by Crippen LogP contribution is -2.02. The Bertz CT molecular complexity index is 905. The minimum atomic E-state index is 0.284. The van der Waals surface area contributed by atoms with Crippen LogP contribution in [0.1, 0.15) is 29.2 Å². The maximum absolute atomic E-state index is 9.60. The van der Waals surface area contributed by atoms with Crippen LogP contribution in [0.3, 0.4) is 0 Å². The third-order valence-electron chi connectivity index (χ3n) is 5.11. The van der Waals surface area contributed by atoms with Gasteiger partial charge in [-0.2, -0.15) is 0 Å². The number of benzene rings is 3. The standard InChI is InChI=1S/C23H24O2/c1-5-21-16(4)22(17-6-10-19(24)11-7-17)14(2)15(3)23(21)18-8-12-20(25)13-9-18/h6-13,24-25H,5H2,1-4H3. The molecule has 2 N–H and O–H groups in total. The molecule has 0 spiro atoms. The molecule has 0 aliphatic heterocycles. The van der Waals surface area contributed by atoms with Crippen molar-refractivity contribution in [2.45, 2.75) is 34.1 Å². The number of hydrogen-bond acceptors (Lipinski definition) is 2. The summed E-state index contributed by atoms with van der Waals surface area (Å²) in [6, 6.07) is 14.9. The van der Waals surface area contributed by atoms with Crippen molar-refractivity contribution in [3.63, 3.8) is 0 Å². The minimum Gasteiger partial charge on any atom is -0.508 e. The van der Waals surface area contributed by atoms with Crippen molar-refractivity contribution in [2.24, 2.45) is 0 Å². The van der Waals surface area contributed by atoms with E-state index < -0.39 is 0 Å². The maximum atomic E-state index is 9.60. The highest BCUT2D eigenvalue weighted by Gasteiger charge is 2.18. The first-order valence-corrected chi connectivity index (χ1v) is 8.65. The van der Waals surface area contributed by atoms with Crippen LogP contribution in [0.5, 0.6) is 11.5 Å². The van der Waals surface area contributed by atoms with E-state index in [-0.39, 0.29) is 11.5 Å². The summed E-state index contributed by atoms with van der Waals surface area (Å²) in [5.74, 6) is 0.570. The van der Waals surface area contributed by atoms with Crippen molar-refractivity contribution in [1.82, 2.24) is 0 Å². The molecule has 3 aromatic carbocycles. The molecule has 0 aliphatic carbocycles. The van der Waals surface area contributed by atoms with Gasteiger partial charge >= 0.3 is 0 Å². The summed E-state index contributed by atoms with van der Waals surface area (Å²) >= 11 is 0.